The zero-order valence-electron chi connectivity index (χ0n) is 17.1. The smallest absolute Gasteiger partial charge is 0.303 e. The van der Waals surface area contributed by atoms with E-state index in [-0.39, 0.29) is 6.42 Å². The molecule has 1 atom stereocenters. The normalized spacial score (nSPS) is 12.1. The second-order valence-electron chi connectivity index (χ2n) is 6.91. The lowest BCUT2D eigenvalue weighted by Gasteiger charge is -2.15. The van der Waals surface area contributed by atoms with E-state index < -0.39 is 5.97 Å². The Kier molecular flexibility index (Phi) is 9.62. The molecular formula is C22H29N3O4. The van der Waals surface area contributed by atoms with Crippen LogP contribution in [0, 0.1) is 5.92 Å². The minimum absolute atomic E-state index is 0.195. The maximum atomic E-state index is 10.6. The van der Waals surface area contributed by atoms with Gasteiger partial charge >= 0.3 is 5.97 Å². The number of aromatic nitrogens is 1. The molecule has 0 bridgehead atoms. The van der Waals surface area contributed by atoms with Crippen molar-refractivity contribution in [3.8, 4) is 11.5 Å². The Hall–Kier alpha value is -2.96. The molecule has 2 aromatic rings. The molecule has 29 heavy (non-hydrogen) atoms. The van der Waals surface area contributed by atoms with Gasteiger partial charge in [0.15, 0.2) is 11.5 Å². The van der Waals surface area contributed by atoms with Crippen molar-refractivity contribution < 1.29 is 19.4 Å². The van der Waals surface area contributed by atoms with Gasteiger partial charge in [-0.05, 0) is 49.4 Å². The van der Waals surface area contributed by atoms with Crippen LogP contribution in [0.2, 0.25) is 0 Å². The van der Waals surface area contributed by atoms with E-state index in [1.807, 2.05) is 18.2 Å². The molecule has 0 amide bonds. The molecule has 2 rings (SSSR count). The summed E-state index contributed by atoms with van der Waals surface area (Å²) in [4.78, 5) is 14.5. The molecule has 0 aliphatic carbocycles. The summed E-state index contributed by atoms with van der Waals surface area (Å²) in [5.41, 5.74) is 1.40. The fourth-order valence-corrected chi connectivity index (χ4v) is 2.40. The Balaban J connectivity index is 2.00. The number of unbranched alkanes of at least 4 members (excludes halogenated alkanes) is 2. The van der Waals surface area contributed by atoms with Gasteiger partial charge in [-0.25, -0.2) is 0 Å². The third-order valence-electron chi connectivity index (χ3n) is 4.38. The van der Waals surface area contributed by atoms with Crippen LogP contribution in [0.15, 0.2) is 53.0 Å². The molecule has 0 saturated carbocycles. The highest BCUT2D eigenvalue weighted by Crippen LogP contribution is 2.33. The quantitative estimate of drug-likeness (QED) is 0.332. The molecule has 1 N–H and O–H groups in total. The molecule has 1 aromatic carbocycles. The van der Waals surface area contributed by atoms with Gasteiger partial charge in [-0.2, -0.15) is 10.2 Å². The van der Waals surface area contributed by atoms with Gasteiger partial charge in [0.2, 0.25) is 0 Å². The minimum Gasteiger partial charge on any atom is -0.490 e. The van der Waals surface area contributed by atoms with Crippen LogP contribution in [0.4, 0.5) is 11.4 Å². The SMILES string of the molecule is CC[C@H](C)COc1cc(N=Nc2ccncc2)ccc1OCCCCCC(=O)O. The van der Waals surface area contributed by atoms with Crippen LogP contribution in [0.1, 0.15) is 46.0 Å². The van der Waals surface area contributed by atoms with Crippen LogP contribution < -0.4 is 9.47 Å². The fourth-order valence-electron chi connectivity index (χ4n) is 2.40. The Bertz CT molecular complexity index is 781. The third kappa shape index (κ3) is 8.72. The van der Waals surface area contributed by atoms with E-state index in [4.69, 9.17) is 14.6 Å². The van der Waals surface area contributed by atoms with E-state index in [1.165, 1.54) is 0 Å². The van der Waals surface area contributed by atoms with Crippen molar-refractivity contribution in [2.75, 3.05) is 13.2 Å². The monoisotopic (exact) mass is 399 g/mol. The van der Waals surface area contributed by atoms with E-state index in [9.17, 15) is 4.79 Å². The first-order valence-corrected chi connectivity index (χ1v) is 10.0. The van der Waals surface area contributed by atoms with E-state index in [0.29, 0.717) is 42.7 Å². The molecule has 7 heteroatoms. The summed E-state index contributed by atoms with van der Waals surface area (Å²) >= 11 is 0. The molecule has 1 aromatic heterocycles. The van der Waals surface area contributed by atoms with Crippen LogP contribution in [-0.2, 0) is 4.79 Å². The highest BCUT2D eigenvalue weighted by atomic mass is 16.5. The first-order valence-electron chi connectivity index (χ1n) is 10.0. The minimum atomic E-state index is -0.761. The molecule has 7 nitrogen and oxygen atoms in total. The number of carboxylic acids is 1. The first-order chi connectivity index (χ1) is 14.1. The summed E-state index contributed by atoms with van der Waals surface area (Å²) in [6.07, 6.45) is 6.83. The summed E-state index contributed by atoms with van der Waals surface area (Å²) < 4.78 is 11.9. The highest BCUT2D eigenvalue weighted by molar-refractivity contribution is 5.66. The first kappa shape index (κ1) is 22.3. The van der Waals surface area contributed by atoms with Gasteiger partial charge in [-0.15, -0.1) is 0 Å². The van der Waals surface area contributed by atoms with Crippen LogP contribution >= 0.6 is 0 Å². The van der Waals surface area contributed by atoms with E-state index >= 15 is 0 Å². The number of aliphatic carboxylic acids is 1. The Morgan fingerprint density at radius 1 is 1.03 bits per heavy atom. The Morgan fingerprint density at radius 3 is 2.52 bits per heavy atom. The van der Waals surface area contributed by atoms with Gasteiger partial charge in [-0.3, -0.25) is 9.78 Å². The molecule has 0 unspecified atom stereocenters. The highest BCUT2D eigenvalue weighted by Gasteiger charge is 2.09. The van der Waals surface area contributed by atoms with Crippen molar-refractivity contribution in [3.05, 3.63) is 42.7 Å². The molecule has 0 spiro atoms. The van der Waals surface area contributed by atoms with Gasteiger partial charge in [0.1, 0.15) is 0 Å². The van der Waals surface area contributed by atoms with Crippen LogP contribution in [0.5, 0.6) is 11.5 Å². The number of carbonyl (C=O) groups is 1. The maximum absolute atomic E-state index is 10.6. The number of carboxylic acid groups (broad SMARTS) is 1. The average molecular weight is 399 g/mol. The maximum Gasteiger partial charge on any atom is 0.303 e. The number of pyridine rings is 1. The summed E-state index contributed by atoms with van der Waals surface area (Å²) in [6, 6.07) is 9.06. The number of ether oxygens (including phenoxy) is 2. The molecular weight excluding hydrogens is 370 g/mol. The number of benzene rings is 1. The van der Waals surface area contributed by atoms with Gasteiger partial charge < -0.3 is 14.6 Å². The van der Waals surface area contributed by atoms with Crippen molar-refractivity contribution in [2.45, 2.75) is 46.0 Å². The molecule has 156 valence electrons. The molecule has 0 radical (unpaired) electrons. The lowest BCUT2D eigenvalue weighted by molar-refractivity contribution is -0.137. The molecule has 1 heterocycles. The van der Waals surface area contributed by atoms with E-state index in [1.54, 1.807) is 24.5 Å². The number of rotatable bonds is 13. The predicted molar refractivity (Wildman–Crippen MR) is 111 cm³/mol. The Labute approximate surface area is 171 Å². The molecule has 0 saturated heterocycles. The standard InChI is InChI=1S/C22H29N3O4/c1-3-17(2)16-29-21-15-19(25-24-18-10-12-23-13-11-18)8-9-20(21)28-14-6-4-5-7-22(26)27/h8-13,15,17H,3-7,14,16H2,1-2H3,(H,26,27)/t17-/m0/s1. The summed E-state index contributed by atoms with van der Waals surface area (Å²) in [5.74, 6) is 0.973. The second kappa shape index (κ2) is 12.5. The average Bonchev–Trinajstić information content (AvgIpc) is 2.74. The summed E-state index contributed by atoms with van der Waals surface area (Å²) in [7, 11) is 0. The lowest BCUT2D eigenvalue weighted by atomic mass is 10.1. The zero-order chi connectivity index (χ0) is 20.9. The Morgan fingerprint density at radius 2 is 1.79 bits per heavy atom. The van der Waals surface area contributed by atoms with Crippen molar-refractivity contribution in [1.29, 1.82) is 0 Å². The topological polar surface area (TPSA) is 93.4 Å². The molecule has 0 fully saturated rings. The number of hydrogen-bond donors (Lipinski definition) is 1. The van der Waals surface area contributed by atoms with Crippen molar-refractivity contribution >= 4 is 17.3 Å². The van der Waals surface area contributed by atoms with Crippen molar-refractivity contribution in [1.82, 2.24) is 4.98 Å². The fraction of sp³-hybridized carbons (Fsp3) is 0.455. The van der Waals surface area contributed by atoms with Gasteiger partial charge in [-0.1, -0.05) is 20.3 Å². The number of azo groups is 1. The van der Waals surface area contributed by atoms with Gasteiger partial charge in [0, 0.05) is 24.9 Å². The van der Waals surface area contributed by atoms with Crippen LogP contribution in [-0.4, -0.2) is 29.3 Å². The van der Waals surface area contributed by atoms with Crippen molar-refractivity contribution in [3.63, 3.8) is 0 Å². The molecule has 0 aliphatic heterocycles. The van der Waals surface area contributed by atoms with Gasteiger partial charge in [0.05, 0.1) is 24.6 Å². The largest absolute Gasteiger partial charge is 0.490 e. The lowest BCUT2D eigenvalue weighted by Crippen LogP contribution is -2.08. The summed E-state index contributed by atoms with van der Waals surface area (Å²) in [5, 5.41) is 17.2. The van der Waals surface area contributed by atoms with Crippen LogP contribution in [0.3, 0.4) is 0 Å². The second-order valence-corrected chi connectivity index (χ2v) is 6.91. The van der Waals surface area contributed by atoms with Crippen molar-refractivity contribution in [2.24, 2.45) is 16.1 Å². The van der Waals surface area contributed by atoms with Gasteiger partial charge in [0.25, 0.3) is 0 Å². The van der Waals surface area contributed by atoms with E-state index in [2.05, 4.69) is 29.1 Å². The van der Waals surface area contributed by atoms with Crippen LogP contribution in [0.25, 0.3) is 0 Å². The van der Waals surface area contributed by atoms with E-state index in [0.717, 1.165) is 24.9 Å². The third-order valence-corrected chi connectivity index (χ3v) is 4.38. The predicted octanol–water partition coefficient (Wildman–Crippen LogP) is 5.95. The zero-order valence-corrected chi connectivity index (χ0v) is 17.1. The number of nitrogens with zero attached hydrogens (tertiary/aromatic N) is 3. The number of hydrogen-bond acceptors (Lipinski definition) is 6. The molecule has 0 aliphatic rings. The summed E-state index contributed by atoms with van der Waals surface area (Å²) in [6.45, 7) is 5.37.